The Kier molecular flexibility index (Phi) is 4.73. The van der Waals surface area contributed by atoms with Crippen molar-refractivity contribution < 1.29 is 5.11 Å². The normalized spacial score (nSPS) is 10.2. The molecule has 0 saturated carbocycles. The van der Waals surface area contributed by atoms with Crippen molar-refractivity contribution in [1.29, 1.82) is 0 Å². The van der Waals surface area contributed by atoms with Crippen LogP contribution in [0.5, 0.6) is 5.75 Å². The maximum atomic E-state index is 9.12. The van der Waals surface area contributed by atoms with Crippen LogP contribution in [0.15, 0.2) is 53.5 Å². The van der Waals surface area contributed by atoms with Crippen molar-refractivity contribution >= 4 is 24.3 Å². The van der Waals surface area contributed by atoms with Gasteiger partial charge in [0.1, 0.15) is 5.75 Å². The predicted octanol–water partition coefficient (Wildman–Crippen LogP) is 3.87. The Labute approximate surface area is 107 Å². The van der Waals surface area contributed by atoms with E-state index >= 15 is 0 Å². The molecule has 0 radical (unpaired) electrons. The van der Waals surface area contributed by atoms with Crippen LogP contribution < -0.4 is 0 Å². The zero-order valence-corrected chi connectivity index (χ0v) is 10.3. The molecule has 88 valence electrons. The van der Waals surface area contributed by atoms with Crippen molar-refractivity contribution in [3.8, 4) is 5.75 Å². The molecule has 0 saturated heterocycles. The summed E-state index contributed by atoms with van der Waals surface area (Å²) >= 11 is 0. The Bertz CT molecular complexity index is 441. The lowest BCUT2D eigenvalue weighted by molar-refractivity contribution is 0.475. The minimum atomic E-state index is 0. The molecule has 0 aromatic heterocycles. The lowest BCUT2D eigenvalue weighted by Crippen LogP contribution is -1.80. The lowest BCUT2D eigenvalue weighted by atomic mass is 10.2. The van der Waals surface area contributed by atoms with Crippen molar-refractivity contribution in [3.63, 3.8) is 0 Å². The van der Waals surface area contributed by atoms with E-state index in [0.29, 0.717) is 0 Å². The van der Waals surface area contributed by atoms with Crippen molar-refractivity contribution in [2.45, 2.75) is 6.92 Å². The second-order valence-corrected chi connectivity index (χ2v) is 3.69. The summed E-state index contributed by atoms with van der Waals surface area (Å²) in [5, 5.41) is 9.12. The van der Waals surface area contributed by atoms with Crippen LogP contribution in [0, 0.1) is 6.92 Å². The van der Waals surface area contributed by atoms with Gasteiger partial charge in [-0.1, -0.05) is 29.8 Å². The Morgan fingerprint density at radius 1 is 0.941 bits per heavy atom. The molecule has 2 aromatic carbocycles. The molecule has 0 aliphatic heterocycles. The van der Waals surface area contributed by atoms with E-state index in [1.807, 2.05) is 18.3 Å². The summed E-state index contributed by atoms with van der Waals surface area (Å²) in [6.07, 6.45) is 1.81. The van der Waals surface area contributed by atoms with Gasteiger partial charge in [0, 0.05) is 6.21 Å². The predicted molar refractivity (Wildman–Crippen MR) is 73.8 cm³/mol. The standard InChI is InChI=1S/C14H13NO.ClH/c1-11-2-4-12(5-3-11)10-15-13-6-8-14(16)9-7-13;/h2-10,16H,1H3;1H. The first-order valence-corrected chi connectivity index (χ1v) is 5.14. The summed E-state index contributed by atoms with van der Waals surface area (Å²) in [5.74, 6) is 0.259. The van der Waals surface area contributed by atoms with E-state index in [0.717, 1.165) is 11.3 Å². The maximum Gasteiger partial charge on any atom is 0.115 e. The molecular formula is C14H14ClNO. The molecule has 3 heteroatoms. The highest BCUT2D eigenvalue weighted by molar-refractivity contribution is 5.85. The van der Waals surface area contributed by atoms with Gasteiger partial charge >= 0.3 is 0 Å². The van der Waals surface area contributed by atoms with Gasteiger partial charge in [-0.2, -0.15) is 0 Å². The molecule has 2 aromatic rings. The van der Waals surface area contributed by atoms with E-state index < -0.39 is 0 Å². The lowest BCUT2D eigenvalue weighted by Gasteiger charge is -1.95. The number of phenols is 1. The molecule has 0 atom stereocenters. The monoisotopic (exact) mass is 247 g/mol. The van der Waals surface area contributed by atoms with Crippen LogP contribution in [0.1, 0.15) is 11.1 Å². The van der Waals surface area contributed by atoms with Crippen molar-refractivity contribution in [3.05, 3.63) is 59.7 Å². The van der Waals surface area contributed by atoms with Crippen molar-refractivity contribution in [2.24, 2.45) is 4.99 Å². The third-order valence-electron chi connectivity index (χ3n) is 2.29. The molecule has 0 fully saturated rings. The molecule has 1 N–H and O–H groups in total. The van der Waals surface area contributed by atoms with E-state index in [4.69, 9.17) is 5.11 Å². The fourth-order valence-electron chi connectivity index (χ4n) is 1.34. The minimum Gasteiger partial charge on any atom is -0.508 e. The fourth-order valence-corrected chi connectivity index (χ4v) is 1.34. The van der Waals surface area contributed by atoms with Gasteiger partial charge in [-0.05, 0) is 36.8 Å². The molecule has 0 amide bonds. The Morgan fingerprint density at radius 2 is 1.53 bits per heavy atom. The number of aliphatic imine (C=N–C) groups is 1. The van der Waals surface area contributed by atoms with Crippen LogP contribution in [0.4, 0.5) is 5.69 Å². The molecule has 0 aliphatic rings. The molecule has 0 heterocycles. The first-order valence-electron chi connectivity index (χ1n) is 5.14. The molecule has 2 rings (SSSR count). The Balaban J connectivity index is 0.00000144. The summed E-state index contributed by atoms with van der Waals surface area (Å²) in [6.45, 7) is 2.06. The third-order valence-corrected chi connectivity index (χ3v) is 2.29. The molecule has 2 nitrogen and oxygen atoms in total. The van der Waals surface area contributed by atoms with E-state index in [1.165, 1.54) is 5.56 Å². The van der Waals surface area contributed by atoms with E-state index in [2.05, 4.69) is 24.0 Å². The van der Waals surface area contributed by atoms with Crippen molar-refractivity contribution in [2.75, 3.05) is 0 Å². The van der Waals surface area contributed by atoms with Crippen LogP contribution in [0.25, 0.3) is 0 Å². The topological polar surface area (TPSA) is 32.6 Å². The highest BCUT2D eigenvalue weighted by atomic mass is 35.5. The molecule has 17 heavy (non-hydrogen) atoms. The van der Waals surface area contributed by atoms with Gasteiger partial charge in [0.15, 0.2) is 0 Å². The second kappa shape index (κ2) is 6.06. The molecule has 0 bridgehead atoms. The summed E-state index contributed by atoms with van der Waals surface area (Å²) < 4.78 is 0. The number of hydrogen-bond acceptors (Lipinski definition) is 2. The zero-order valence-electron chi connectivity index (χ0n) is 9.50. The summed E-state index contributed by atoms with van der Waals surface area (Å²) in [4.78, 5) is 4.31. The smallest absolute Gasteiger partial charge is 0.115 e. The number of rotatable bonds is 2. The average Bonchev–Trinajstić information content (AvgIpc) is 2.30. The van der Waals surface area contributed by atoms with Crippen LogP contribution in [0.2, 0.25) is 0 Å². The zero-order chi connectivity index (χ0) is 11.4. The number of benzene rings is 2. The summed E-state index contributed by atoms with van der Waals surface area (Å²) in [7, 11) is 0. The van der Waals surface area contributed by atoms with E-state index in [9.17, 15) is 0 Å². The largest absolute Gasteiger partial charge is 0.508 e. The molecular weight excluding hydrogens is 234 g/mol. The van der Waals surface area contributed by atoms with E-state index in [-0.39, 0.29) is 18.2 Å². The van der Waals surface area contributed by atoms with E-state index in [1.54, 1.807) is 24.3 Å². The number of aromatic hydroxyl groups is 1. The van der Waals surface area contributed by atoms with Crippen molar-refractivity contribution in [1.82, 2.24) is 0 Å². The third kappa shape index (κ3) is 3.93. The second-order valence-electron chi connectivity index (χ2n) is 3.69. The van der Waals surface area contributed by atoms with Gasteiger partial charge in [0.05, 0.1) is 5.69 Å². The van der Waals surface area contributed by atoms with Gasteiger partial charge in [-0.3, -0.25) is 4.99 Å². The number of aryl methyl sites for hydroxylation is 1. The van der Waals surface area contributed by atoms with Gasteiger partial charge in [-0.15, -0.1) is 12.4 Å². The Hall–Kier alpha value is -1.80. The number of halogens is 1. The summed E-state index contributed by atoms with van der Waals surface area (Å²) in [5.41, 5.74) is 3.14. The fraction of sp³-hybridized carbons (Fsp3) is 0.0714. The van der Waals surface area contributed by atoms with Gasteiger partial charge in [0.2, 0.25) is 0 Å². The molecule has 0 aliphatic carbocycles. The number of hydrogen-bond donors (Lipinski definition) is 1. The molecule has 0 spiro atoms. The highest BCUT2D eigenvalue weighted by Crippen LogP contribution is 2.16. The SMILES string of the molecule is Cc1ccc(C=Nc2ccc(O)cc2)cc1.Cl. The minimum absolute atomic E-state index is 0. The average molecular weight is 248 g/mol. The van der Waals surface area contributed by atoms with Gasteiger partial charge in [0.25, 0.3) is 0 Å². The van der Waals surface area contributed by atoms with Crippen LogP contribution in [0.3, 0.4) is 0 Å². The highest BCUT2D eigenvalue weighted by Gasteiger charge is 1.90. The first kappa shape index (κ1) is 13.3. The maximum absolute atomic E-state index is 9.12. The van der Waals surface area contributed by atoms with Gasteiger partial charge < -0.3 is 5.11 Å². The number of nitrogens with zero attached hydrogens (tertiary/aromatic N) is 1. The molecule has 0 unspecified atom stereocenters. The van der Waals surface area contributed by atoms with Gasteiger partial charge in [-0.25, -0.2) is 0 Å². The Morgan fingerprint density at radius 3 is 2.12 bits per heavy atom. The quantitative estimate of drug-likeness (QED) is 0.803. The first-order chi connectivity index (χ1) is 7.74. The van der Waals surface area contributed by atoms with Crippen LogP contribution in [-0.2, 0) is 0 Å². The van der Waals surface area contributed by atoms with Crippen LogP contribution in [-0.4, -0.2) is 11.3 Å². The van der Waals surface area contributed by atoms with Crippen LogP contribution >= 0.6 is 12.4 Å². The number of phenolic OH excluding ortho intramolecular Hbond substituents is 1. The summed E-state index contributed by atoms with van der Waals surface area (Å²) in [6, 6.07) is 15.0.